The predicted molar refractivity (Wildman–Crippen MR) is 126 cm³/mol. The fraction of sp³-hybridized carbons (Fsp3) is 0.0385. The van der Waals surface area contributed by atoms with Crippen molar-refractivity contribution in [3.63, 3.8) is 0 Å². The summed E-state index contributed by atoms with van der Waals surface area (Å²) in [5.74, 6) is 0.0156. The number of rotatable bonds is 6. The molecule has 1 amide bonds. The average molecular weight is 436 g/mol. The summed E-state index contributed by atoms with van der Waals surface area (Å²) in [6, 6.07) is 28.2. The first kappa shape index (κ1) is 20.3. The third kappa shape index (κ3) is 3.99. The van der Waals surface area contributed by atoms with Crippen LogP contribution in [-0.2, 0) is 6.61 Å². The van der Waals surface area contributed by atoms with Crippen molar-refractivity contribution in [3.8, 4) is 28.1 Å². The minimum Gasteiger partial charge on any atom is -0.489 e. The van der Waals surface area contributed by atoms with Gasteiger partial charge in [0.25, 0.3) is 11.5 Å². The summed E-state index contributed by atoms with van der Waals surface area (Å²) in [4.78, 5) is 28.3. The molecule has 7 nitrogen and oxygen atoms in total. The molecule has 3 aromatic carbocycles. The van der Waals surface area contributed by atoms with E-state index in [-0.39, 0.29) is 11.3 Å². The molecule has 0 saturated heterocycles. The number of aromatic amines is 1. The number of nitrogens with zero attached hydrogens (tertiary/aromatic N) is 2. The number of fused-ring (bicyclic) bond motifs is 1. The molecule has 0 spiro atoms. The van der Waals surface area contributed by atoms with E-state index < -0.39 is 5.91 Å². The number of carbonyl (C=O) groups is 1. The Hall–Kier alpha value is -4.65. The molecule has 0 fully saturated rings. The SMILES string of the molecule is NC(=O)c1cc2[nH]c(-c3ccc(OCc4ccccc4)cc3)c(-c3ccccc3)c(=O)n2n1. The molecule has 0 aliphatic rings. The lowest BCUT2D eigenvalue weighted by molar-refractivity contribution is 0.0995. The maximum absolute atomic E-state index is 13.4. The molecule has 33 heavy (non-hydrogen) atoms. The summed E-state index contributed by atoms with van der Waals surface area (Å²) >= 11 is 0. The summed E-state index contributed by atoms with van der Waals surface area (Å²) in [6.45, 7) is 0.462. The van der Waals surface area contributed by atoms with Crippen LogP contribution in [0.25, 0.3) is 28.0 Å². The lowest BCUT2D eigenvalue weighted by atomic mass is 10.0. The van der Waals surface area contributed by atoms with E-state index in [9.17, 15) is 9.59 Å². The van der Waals surface area contributed by atoms with Crippen molar-refractivity contribution in [2.24, 2.45) is 5.73 Å². The zero-order chi connectivity index (χ0) is 22.8. The number of carbonyl (C=O) groups excluding carboxylic acids is 1. The standard InChI is InChI=1S/C26H20N4O3/c27-25(31)21-15-22-28-24(23(26(32)30(22)29-21)18-9-5-2-6-10-18)19-11-13-20(14-12-19)33-16-17-7-3-1-4-8-17/h1-15,28H,16H2,(H2,27,31). The van der Waals surface area contributed by atoms with Gasteiger partial charge in [-0.2, -0.15) is 9.61 Å². The molecule has 5 rings (SSSR count). The van der Waals surface area contributed by atoms with Gasteiger partial charge in [-0.1, -0.05) is 60.7 Å². The van der Waals surface area contributed by atoms with E-state index >= 15 is 0 Å². The van der Waals surface area contributed by atoms with Crippen LogP contribution >= 0.6 is 0 Å². The summed E-state index contributed by atoms with van der Waals surface area (Å²) in [7, 11) is 0. The van der Waals surface area contributed by atoms with Crippen LogP contribution in [0, 0.1) is 0 Å². The summed E-state index contributed by atoms with van der Waals surface area (Å²) < 4.78 is 7.05. The highest BCUT2D eigenvalue weighted by molar-refractivity contribution is 5.92. The quantitative estimate of drug-likeness (QED) is 0.419. The third-order valence-electron chi connectivity index (χ3n) is 5.32. The van der Waals surface area contributed by atoms with E-state index in [4.69, 9.17) is 10.5 Å². The maximum atomic E-state index is 13.4. The first-order valence-electron chi connectivity index (χ1n) is 10.4. The maximum Gasteiger partial charge on any atom is 0.282 e. The number of aromatic nitrogens is 3. The van der Waals surface area contributed by atoms with Crippen molar-refractivity contribution in [3.05, 3.63) is 113 Å². The van der Waals surface area contributed by atoms with E-state index in [1.807, 2.05) is 84.9 Å². The van der Waals surface area contributed by atoms with Gasteiger partial charge in [0, 0.05) is 6.07 Å². The molecule has 0 unspecified atom stereocenters. The Labute approximate surface area is 189 Å². The van der Waals surface area contributed by atoms with E-state index in [0.717, 1.165) is 16.7 Å². The number of hydrogen-bond acceptors (Lipinski definition) is 4. The number of hydrogen-bond donors (Lipinski definition) is 2. The molecule has 2 aromatic heterocycles. The zero-order valence-electron chi connectivity index (χ0n) is 17.6. The number of amides is 1. The van der Waals surface area contributed by atoms with Gasteiger partial charge in [0.1, 0.15) is 18.0 Å². The first-order valence-corrected chi connectivity index (χ1v) is 10.4. The second-order valence-corrected chi connectivity index (χ2v) is 7.54. The molecular formula is C26H20N4O3. The van der Waals surface area contributed by atoms with Gasteiger partial charge in [-0.05, 0) is 41.0 Å². The largest absolute Gasteiger partial charge is 0.489 e. The van der Waals surface area contributed by atoms with Gasteiger partial charge in [-0.15, -0.1) is 0 Å². The number of nitrogens with two attached hydrogens (primary N) is 1. The van der Waals surface area contributed by atoms with Crippen LogP contribution in [0.15, 0.2) is 95.8 Å². The molecule has 3 N–H and O–H groups in total. The second-order valence-electron chi connectivity index (χ2n) is 7.54. The van der Waals surface area contributed by atoms with Gasteiger partial charge in [0.15, 0.2) is 5.69 Å². The Bertz CT molecular complexity index is 1490. The third-order valence-corrected chi connectivity index (χ3v) is 5.32. The van der Waals surface area contributed by atoms with Crippen molar-refractivity contribution < 1.29 is 9.53 Å². The Morgan fingerprint density at radius 2 is 1.58 bits per heavy atom. The molecule has 0 atom stereocenters. The molecule has 7 heteroatoms. The van der Waals surface area contributed by atoms with Crippen LogP contribution in [0.2, 0.25) is 0 Å². The predicted octanol–water partition coefficient (Wildman–Crippen LogP) is 4.03. The van der Waals surface area contributed by atoms with Crippen molar-refractivity contribution in [1.29, 1.82) is 0 Å². The van der Waals surface area contributed by atoms with E-state index in [1.165, 1.54) is 10.6 Å². The minimum atomic E-state index is -0.700. The van der Waals surface area contributed by atoms with E-state index in [1.54, 1.807) is 0 Å². The van der Waals surface area contributed by atoms with Gasteiger partial charge in [-0.3, -0.25) is 9.59 Å². The monoisotopic (exact) mass is 436 g/mol. The van der Waals surface area contributed by atoms with Crippen LogP contribution in [0.5, 0.6) is 5.75 Å². The van der Waals surface area contributed by atoms with Crippen LogP contribution in [0.3, 0.4) is 0 Å². The lowest BCUT2D eigenvalue weighted by Crippen LogP contribution is -2.20. The smallest absolute Gasteiger partial charge is 0.282 e. The molecule has 0 aliphatic carbocycles. The molecule has 0 bridgehead atoms. The highest BCUT2D eigenvalue weighted by Gasteiger charge is 2.18. The fourth-order valence-corrected chi connectivity index (χ4v) is 3.70. The van der Waals surface area contributed by atoms with Crippen molar-refractivity contribution in [1.82, 2.24) is 14.6 Å². The molecule has 0 radical (unpaired) electrons. The van der Waals surface area contributed by atoms with Crippen molar-refractivity contribution >= 4 is 11.6 Å². The molecule has 0 aliphatic heterocycles. The van der Waals surface area contributed by atoms with Crippen molar-refractivity contribution in [2.75, 3.05) is 0 Å². The molecule has 5 aromatic rings. The Kier molecular flexibility index (Phi) is 5.20. The van der Waals surface area contributed by atoms with Gasteiger partial charge >= 0.3 is 0 Å². The molecule has 0 saturated carbocycles. The Balaban J connectivity index is 1.57. The average Bonchev–Trinajstić information content (AvgIpc) is 3.29. The summed E-state index contributed by atoms with van der Waals surface area (Å²) in [6.07, 6.45) is 0. The van der Waals surface area contributed by atoms with Gasteiger partial charge < -0.3 is 15.5 Å². The van der Waals surface area contributed by atoms with Gasteiger partial charge in [0.2, 0.25) is 0 Å². The Morgan fingerprint density at radius 1 is 0.909 bits per heavy atom. The lowest BCUT2D eigenvalue weighted by Gasteiger charge is -2.12. The topological polar surface area (TPSA) is 102 Å². The number of nitrogens with one attached hydrogen (secondary N) is 1. The minimum absolute atomic E-state index is 0.0178. The number of H-pyrrole nitrogens is 1. The molecular weight excluding hydrogens is 416 g/mol. The van der Waals surface area contributed by atoms with E-state index in [2.05, 4.69) is 10.1 Å². The van der Waals surface area contributed by atoms with E-state index in [0.29, 0.717) is 29.3 Å². The first-order chi connectivity index (χ1) is 16.1. The fourth-order valence-electron chi connectivity index (χ4n) is 3.70. The highest BCUT2D eigenvalue weighted by atomic mass is 16.5. The number of benzene rings is 3. The number of ether oxygens (including phenoxy) is 1. The normalized spacial score (nSPS) is 10.9. The van der Waals surface area contributed by atoms with Crippen LogP contribution in [0.1, 0.15) is 16.1 Å². The van der Waals surface area contributed by atoms with Crippen LogP contribution in [0.4, 0.5) is 0 Å². The molecule has 162 valence electrons. The summed E-state index contributed by atoms with van der Waals surface area (Å²) in [5.41, 5.74) is 9.09. The van der Waals surface area contributed by atoms with Crippen LogP contribution < -0.4 is 16.0 Å². The van der Waals surface area contributed by atoms with Crippen molar-refractivity contribution in [2.45, 2.75) is 6.61 Å². The zero-order valence-corrected chi connectivity index (χ0v) is 17.6. The van der Waals surface area contributed by atoms with Gasteiger partial charge in [-0.25, -0.2) is 0 Å². The molecule has 2 heterocycles. The second kappa shape index (κ2) is 8.47. The van der Waals surface area contributed by atoms with Crippen LogP contribution in [-0.4, -0.2) is 20.5 Å². The summed E-state index contributed by atoms with van der Waals surface area (Å²) in [5, 5.41) is 4.08. The Morgan fingerprint density at radius 3 is 2.24 bits per heavy atom. The van der Waals surface area contributed by atoms with Gasteiger partial charge in [0.05, 0.1) is 11.3 Å². The number of primary amides is 1. The highest BCUT2D eigenvalue weighted by Crippen LogP contribution is 2.29.